The van der Waals surface area contributed by atoms with E-state index in [9.17, 15) is 13.2 Å². The van der Waals surface area contributed by atoms with Crippen molar-refractivity contribution in [1.29, 1.82) is 0 Å². The van der Waals surface area contributed by atoms with Crippen LogP contribution in [0.2, 0.25) is 0 Å². The summed E-state index contributed by atoms with van der Waals surface area (Å²) in [7, 11) is -1.79. The summed E-state index contributed by atoms with van der Waals surface area (Å²) in [4.78, 5) is 12.4. The fraction of sp³-hybridized carbons (Fsp3) is 0.235. The lowest BCUT2D eigenvalue weighted by Crippen LogP contribution is -2.25. The van der Waals surface area contributed by atoms with E-state index in [0.29, 0.717) is 35.7 Å². The van der Waals surface area contributed by atoms with Gasteiger partial charge in [-0.15, -0.1) is 0 Å². The highest BCUT2D eigenvalue weighted by molar-refractivity contribution is 9.10. The van der Waals surface area contributed by atoms with E-state index in [2.05, 4.69) is 21.2 Å². The van der Waals surface area contributed by atoms with Crippen LogP contribution in [0.5, 0.6) is 5.75 Å². The van der Waals surface area contributed by atoms with E-state index in [0.717, 1.165) is 4.47 Å². The van der Waals surface area contributed by atoms with Crippen molar-refractivity contribution in [3.05, 3.63) is 52.5 Å². The van der Waals surface area contributed by atoms with Gasteiger partial charge in [0.1, 0.15) is 5.75 Å². The van der Waals surface area contributed by atoms with Gasteiger partial charge in [0.05, 0.1) is 24.2 Å². The van der Waals surface area contributed by atoms with Gasteiger partial charge in [-0.25, -0.2) is 8.42 Å². The van der Waals surface area contributed by atoms with Crippen molar-refractivity contribution >= 4 is 43.2 Å². The predicted octanol–water partition coefficient (Wildman–Crippen LogP) is 3.25. The molecule has 0 bridgehead atoms. The van der Waals surface area contributed by atoms with Crippen LogP contribution in [-0.4, -0.2) is 33.7 Å². The van der Waals surface area contributed by atoms with Gasteiger partial charge in [0.15, 0.2) is 0 Å². The van der Waals surface area contributed by atoms with Crippen molar-refractivity contribution in [1.82, 2.24) is 0 Å². The van der Waals surface area contributed by atoms with Crippen molar-refractivity contribution in [3.63, 3.8) is 0 Å². The summed E-state index contributed by atoms with van der Waals surface area (Å²) in [6, 6.07) is 12.0. The topological polar surface area (TPSA) is 75.7 Å². The molecule has 6 nitrogen and oxygen atoms in total. The number of halogens is 1. The molecule has 0 atom stereocenters. The SMILES string of the molecule is COc1cc(N2CCCS2(=O)=O)ccc1NC(=O)c1cccc(Br)c1. The summed E-state index contributed by atoms with van der Waals surface area (Å²) in [6.07, 6.45) is 0.603. The fourth-order valence-electron chi connectivity index (χ4n) is 2.69. The molecule has 8 heteroatoms. The van der Waals surface area contributed by atoms with Crippen molar-refractivity contribution in [2.24, 2.45) is 0 Å². The van der Waals surface area contributed by atoms with Crippen molar-refractivity contribution in [2.75, 3.05) is 29.0 Å². The summed E-state index contributed by atoms with van der Waals surface area (Å²) in [5, 5.41) is 2.79. The van der Waals surface area contributed by atoms with Crippen LogP contribution in [0.15, 0.2) is 46.9 Å². The molecule has 25 heavy (non-hydrogen) atoms. The largest absolute Gasteiger partial charge is 0.494 e. The van der Waals surface area contributed by atoms with Crippen LogP contribution in [0.25, 0.3) is 0 Å². The number of methoxy groups -OCH3 is 1. The summed E-state index contributed by atoms with van der Waals surface area (Å²) < 4.78 is 31.6. The average molecular weight is 425 g/mol. The number of carbonyl (C=O) groups excluding carboxylic acids is 1. The second kappa shape index (κ2) is 7.05. The van der Waals surface area contributed by atoms with E-state index in [1.165, 1.54) is 11.4 Å². The lowest BCUT2D eigenvalue weighted by Gasteiger charge is -2.19. The summed E-state index contributed by atoms with van der Waals surface area (Å²) >= 11 is 3.33. The Kier molecular flexibility index (Phi) is 5.01. The summed E-state index contributed by atoms with van der Waals surface area (Å²) in [5.41, 5.74) is 1.52. The Hall–Kier alpha value is -2.06. The minimum Gasteiger partial charge on any atom is -0.494 e. The average Bonchev–Trinajstić information content (AvgIpc) is 2.94. The van der Waals surface area contributed by atoms with Gasteiger partial charge in [-0.1, -0.05) is 22.0 Å². The number of nitrogens with zero attached hydrogens (tertiary/aromatic N) is 1. The van der Waals surface area contributed by atoms with Gasteiger partial charge in [-0.05, 0) is 36.8 Å². The first-order chi connectivity index (χ1) is 11.9. The molecular formula is C17H17BrN2O4S. The first-order valence-electron chi connectivity index (χ1n) is 7.66. The zero-order chi connectivity index (χ0) is 18.0. The van der Waals surface area contributed by atoms with Gasteiger partial charge >= 0.3 is 0 Å². The van der Waals surface area contributed by atoms with E-state index < -0.39 is 10.0 Å². The molecule has 0 saturated carbocycles. The van der Waals surface area contributed by atoms with E-state index >= 15 is 0 Å². The number of hydrogen-bond acceptors (Lipinski definition) is 4. The maximum Gasteiger partial charge on any atom is 0.255 e. The Morgan fingerprint density at radius 3 is 2.68 bits per heavy atom. The lowest BCUT2D eigenvalue weighted by atomic mass is 10.2. The van der Waals surface area contributed by atoms with Crippen LogP contribution in [-0.2, 0) is 10.0 Å². The van der Waals surface area contributed by atoms with Crippen molar-refractivity contribution < 1.29 is 17.9 Å². The van der Waals surface area contributed by atoms with Crippen LogP contribution < -0.4 is 14.4 Å². The van der Waals surface area contributed by atoms with Gasteiger partial charge in [0.2, 0.25) is 10.0 Å². The van der Waals surface area contributed by atoms with E-state index in [1.807, 2.05) is 6.07 Å². The molecule has 1 aliphatic heterocycles. The molecule has 1 N–H and O–H groups in total. The number of benzene rings is 2. The predicted molar refractivity (Wildman–Crippen MR) is 101 cm³/mol. The Labute approximate surface area is 155 Å². The van der Waals surface area contributed by atoms with Gasteiger partial charge < -0.3 is 10.1 Å². The minimum absolute atomic E-state index is 0.149. The third-order valence-corrected chi connectivity index (χ3v) is 6.27. The minimum atomic E-state index is -3.26. The zero-order valence-corrected chi connectivity index (χ0v) is 15.9. The molecule has 3 rings (SSSR count). The second-order valence-electron chi connectivity index (χ2n) is 5.59. The normalized spacial score (nSPS) is 15.8. The number of ether oxygens (including phenoxy) is 1. The quantitative estimate of drug-likeness (QED) is 0.816. The van der Waals surface area contributed by atoms with Gasteiger partial charge in [0.25, 0.3) is 5.91 Å². The lowest BCUT2D eigenvalue weighted by molar-refractivity contribution is 0.102. The van der Waals surface area contributed by atoms with Crippen LogP contribution >= 0.6 is 15.9 Å². The molecular weight excluding hydrogens is 408 g/mol. The highest BCUT2D eigenvalue weighted by Crippen LogP contribution is 2.33. The fourth-order valence-corrected chi connectivity index (χ4v) is 4.65. The number of nitrogens with one attached hydrogen (secondary N) is 1. The first-order valence-corrected chi connectivity index (χ1v) is 10.1. The maximum absolute atomic E-state index is 12.4. The molecule has 1 aliphatic rings. The number of hydrogen-bond donors (Lipinski definition) is 1. The number of anilines is 2. The third-order valence-electron chi connectivity index (χ3n) is 3.91. The number of carbonyl (C=O) groups is 1. The van der Waals surface area contributed by atoms with Crippen LogP contribution in [0.1, 0.15) is 16.8 Å². The number of amides is 1. The molecule has 0 unspecified atom stereocenters. The summed E-state index contributed by atoms with van der Waals surface area (Å²) in [6.45, 7) is 0.454. The van der Waals surface area contributed by atoms with Gasteiger partial charge in [-0.3, -0.25) is 9.10 Å². The third kappa shape index (κ3) is 3.80. The second-order valence-corrected chi connectivity index (χ2v) is 8.52. The summed E-state index contributed by atoms with van der Waals surface area (Å²) in [5.74, 6) is 0.278. The molecule has 132 valence electrons. The molecule has 0 aliphatic carbocycles. The van der Waals surface area contributed by atoms with Crippen LogP contribution in [0, 0.1) is 0 Å². The Bertz CT molecular complexity index is 915. The van der Waals surface area contributed by atoms with E-state index in [4.69, 9.17) is 4.74 Å². The van der Waals surface area contributed by atoms with Gasteiger partial charge in [0, 0.05) is 22.6 Å². The number of rotatable bonds is 4. The first kappa shape index (κ1) is 17.8. The highest BCUT2D eigenvalue weighted by atomic mass is 79.9. The maximum atomic E-state index is 12.4. The van der Waals surface area contributed by atoms with Crippen LogP contribution in [0.3, 0.4) is 0 Å². The Balaban J connectivity index is 1.86. The highest BCUT2D eigenvalue weighted by Gasteiger charge is 2.29. The molecule has 2 aromatic carbocycles. The Morgan fingerprint density at radius 2 is 2.04 bits per heavy atom. The zero-order valence-electron chi connectivity index (χ0n) is 13.5. The monoisotopic (exact) mass is 424 g/mol. The molecule has 0 radical (unpaired) electrons. The standard InChI is InChI=1S/C17H17BrN2O4S/c1-24-16-11-14(20-8-3-9-25(20,22)23)6-7-15(16)19-17(21)12-4-2-5-13(18)10-12/h2,4-7,10-11H,3,8-9H2,1H3,(H,19,21). The van der Waals surface area contributed by atoms with Crippen molar-refractivity contribution in [2.45, 2.75) is 6.42 Å². The molecule has 2 aromatic rings. The van der Waals surface area contributed by atoms with Crippen LogP contribution in [0.4, 0.5) is 11.4 Å². The molecule has 1 amide bonds. The van der Waals surface area contributed by atoms with E-state index in [-0.39, 0.29) is 11.7 Å². The Morgan fingerprint density at radius 1 is 1.24 bits per heavy atom. The molecule has 1 fully saturated rings. The molecule has 1 saturated heterocycles. The molecule has 0 aromatic heterocycles. The molecule has 0 spiro atoms. The van der Waals surface area contributed by atoms with Gasteiger partial charge in [-0.2, -0.15) is 0 Å². The van der Waals surface area contributed by atoms with Crippen molar-refractivity contribution in [3.8, 4) is 5.75 Å². The smallest absolute Gasteiger partial charge is 0.255 e. The van der Waals surface area contributed by atoms with E-state index in [1.54, 1.807) is 36.4 Å². The molecule has 1 heterocycles. The number of sulfonamides is 1.